The lowest BCUT2D eigenvalue weighted by molar-refractivity contribution is -0.114. The molecule has 0 bridgehead atoms. The maximum Gasteiger partial charge on any atom is 0.295 e. The van der Waals surface area contributed by atoms with E-state index in [0.29, 0.717) is 22.6 Å². The molecule has 0 aliphatic rings. The number of para-hydroxylation sites is 1. The lowest BCUT2D eigenvalue weighted by Gasteiger charge is -2.12. The Bertz CT molecular complexity index is 1960. The van der Waals surface area contributed by atoms with Gasteiger partial charge >= 0.3 is 0 Å². The highest BCUT2D eigenvalue weighted by Crippen LogP contribution is 2.22. The SMILES string of the molecule is Cc1ccccc1/C=C(\NC(=O)c1ccccc1)C(=O)Nc1ccc(SCC(=O)Nc2c(C)n(C)n(-c3ccccc3)c2=O)cc1. The Hall–Kier alpha value is -5.61. The minimum atomic E-state index is -0.480. The standard InChI is InChI=1S/C36H33N5O4S/c1-24-12-10-11-15-27(24)22-31(38-34(43)26-13-6-4-7-14-26)35(44)37-28-18-20-30(21-19-28)46-23-32(42)39-33-25(2)40(3)41(36(33)45)29-16-8-5-9-17-29/h4-22H,23H2,1-3H3,(H,37,44)(H,38,43)(H,39,42)/b31-22-. The van der Waals surface area contributed by atoms with Crippen LogP contribution in [0.3, 0.4) is 0 Å². The highest BCUT2D eigenvalue weighted by Gasteiger charge is 2.19. The molecule has 0 spiro atoms. The molecular weight excluding hydrogens is 598 g/mol. The van der Waals surface area contributed by atoms with Crippen LogP contribution in [0, 0.1) is 13.8 Å². The highest BCUT2D eigenvalue weighted by atomic mass is 32.2. The summed E-state index contributed by atoms with van der Waals surface area (Å²) in [6.07, 6.45) is 1.65. The zero-order chi connectivity index (χ0) is 32.6. The maximum absolute atomic E-state index is 13.4. The third-order valence-corrected chi connectivity index (χ3v) is 8.33. The summed E-state index contributed by atoms with van der Waals surface area (Å²) in [5, 5.41) is 8.37. The van der Waals surface area contributed by atoms with Crippen molar-refractivity contribution in [2.24, 2.45) is 7.05 Å². The number of nitrogens with one attached hydrogen (secondary N) is 3. The molecule has 5 aromatic rings. The van der Waals surface area contributed by atoms with Gasteiger partial charge in [0.15, 0.2) is 0 Å². The van der Waals surface area contributed by atoms with Gasteiger partial charge in [0.05, 0.1) is 17.1 Å². The molecule has 0 radical (unpaired) electrons. The van der Waals surface area contributed by atoms with Crippen molar-refractivity contribution in [3.05, 3.63) is 148 Å². The first-order valence-corrected chi connectivity index (χ1v) is 15.5. The van der Waals surface area contributed by atoms with Crippen molar-refractivity contribution in [2.45, 2.75) is 18.7 Å². The average molecular weight is 632 g/mol. The molecule has 0 saturated heterocycles. The average Bonchev–Trinajstić information content (AvgIpc) is 3.28. The lowest BCUT2D eigenvalue weighted by atomic mass is 10.1. The van der Waals surface area contributed by atoms with E-state index in [2.05, 4.69) is 16.0 Å². The maximum atomic E-state index is 13.4. The largest absolute Gasteiger partial charge is 0.321 e. The lowest BCUT2D eigenvalue weighted by Crippen LogP contribution is -2.30. The molecule has 0 aliphatic carbocycles. The van der Waals surface area contributed by atoms with Gasteiger partial charge in [0.1, 0.15) is 11.4 Å². The second-order valence-corrected chi connectivity index (χ2v) is 11.5. The van der Waals surface area contributed by atoms with Gasteiger partial charge in [-0.15, -0.1) is 11.8 Å². The summed E-state index contributed by atoms with van der Waals surface area (Å²) in [4.78, 5) is 53.0. The fourth-order valence-electron chi connectivity index (χ4n) is 4.72. The van der Waals surface area contributed by atoms with Gasteiger partial charge in [-0.05, 0) is 79.6 Å². The van der Waals surface area contributed by atoms with Gasteiger partial charge in [-0.25, -0.2) is 4.68 Å². The Kier molecular flexibility index (Phi) is 9.99. The first-order chi connectivity index (χ1) is 22.2. The molecule has 1 heterocycles. The Labute approximate surface area is 270 Å². The molecule has 4 aromatic carbocycles. The smallest absolute Gasteiger partial charge is 0.295 e. The third-order valence-electron chi connectivity index (χ3n) is 7.32. The van der Waals surface area contributed by atoms with Gasteiger partial charge in [0.2, 0.25) is 5.91 Å². The Morgan fingerprint density at radius 1 is 0.783 bits per heavy atom. The zero-order valence-corrected chi connectivity index (χ0v) is 26.4. The Morgan fingerprint density at radius 3 is 2.09 bits per heavy atom. The number of aromatic nitrogens is 2. The summed E-state index contributed by atoms with van der Waals surface area (Å²) < 4.78 is 3.22. The molecule has 0 aliphatic heterocycles. The summed E-state index contributed by atoms with van der Waals surface area (Å²) in [7, 11) is 1.77. The number of thioether (sulfide) groups is 1. The van der Waals surface area contributed by atoms with Gasteiger partial charge in [-0.1, -0.05) is 60.7 Å². The summed E-state index contributed by atoms with van der Waals surface area (Å²) in [5.41, 5.74) is 4.09. The fourth-order valence-corrected chi connectivity index (χ4v) is 5.41. The molecule has 232 valence electrons. The van der Waals surface area contributed by atoms with E-state index >= 15 is 0 Å². The van der Waals surface area contributed by atoms with Gasteiger partial charge in [0.25, 0.3) is 17.4 Å². The number of carbonyl (C=O) groups excluding carboxylic acids is 3. The Morgan fingerprint density at radius 2 is 1.41 bits per heavy atom. The minimum absolute atomic E-state index is 0.0830. The van der Waals surface area contributed by atoms with Crippen molar-refractivity contribution >= 4 is 46.9 Å². The summed E-state index contributed by atoms with van der Waals surface area (Å²) in [6, 6.07) is 32.5. The quantitative estimate of drug-likeness (QED) is 0.131. The number of hydrogen-bond donors (Lipinski definition) is 3. The van der Waals surface area contributed by atoms with Crippen LogP contribution in [0.1, 0.15) is 27.2 Å². The molecule has 3 amide bonds. The van der Waals surface area contributed by atoms with Crippen LogP contribution in [0.25, 0.3) is 11.8 Å². The second kappa shape index (κ2) is 14.4. The van der Waals surface area contributed by atoms with Crippen LogP contribution < -0.4 is 21.5 Å². The second-order valence-electron chi connectivity index (χ2n) is 10.5. The van der Waals surface area contributed by atoms with E-state index < -0.39 is 11.8 Å². The molecular formula is C36H33N5O4S. The third kappa shape index (κ3) is 7.54. The van der Waals surface area contributed by atoms with Crippen molar-refractivity contribution in [2.75, 3.05) is 16.4 Å². The first kappa shape index (κ1) is 31.8. The first-order valence-electron chi connectivity index (χ1n) is 14.5. The summed E-state index contributed by atoms with van der Waals surface area (Å²) in [6.45, 7) is 3.71. The highest BCUT2D eigenvalue weighted by molar-refractivity contribution is 8.00. The van der Waals surface area contributed by atoms with E-state index in [0.717, 1.165) is 16.0 Å². The van der Waals surface area contributed by atoms with Crippen molar-refractivity contribution < 1.29 is 14.4 Å². The molecule has 1 aromatic heterocycles. The minimum Gasteiger partial charge on any atom is -0.321 e. The number of anilines is 2. The molecule has 46 heavy (non-hydrogen) atoms. The van der Waals surface area contributed by atoms with Gasteiger partial charge < -0.3 is 16.0 Å². The molecule has 3 N–H and O–H groups in total. The van der Waals surface area contributed by atoms with E-state index in [1.54, 1.807) is 73.3 Å². The molecule has 10 heteroatoms. The van der Waals surface area contributed by atoms with Crippen molar-refractivity contribution in [3.63, 3.8) is 0 Å². The zero-order valence-electron chi connectivity index (χ0n) is 25.6. The number of aryl methyl sites for hydroxylation is 1. The van der Waals surface area contributed by atoms with Crippen LogP contribution in [-0.4, -0.2) is 32.8 Å². The number of amides is 3. The van der Waals surface area contributed by atoms with Crippen molar-refractivity contribution in [1.82, 2.24) is 14.7 Å². The van der Waals surface area contributed by atoms with Crippen LogP contribution >= 0.6 is 11.8 Å². The number of rotatable bonds is 10. The number of hydrogen-bond acceptors (Lipinski definition) is 5. The molecule has 0 saturated carbocycles. The van der Waals surface area contributed by atoms with Gasteiger partial charge in [-0.2, -0.15) is 0 Å². The fraction of sp³-hybridized carbons (Fsp3) is 0.111. The molecule has 0 unspecified atom stereocenters. The molecule has 0 atom stereocenters. The number of carbonyl (C=O) groups is 3. The normalized spacial score (nSPS) is 11.2. The van der Waals surface area contributed by atoms with Crippen LogP contribution in [-0.2, 0) is 16.6 Å². The topological polar surface area (TPSA) is 114 Å². The van der Waals surface area contributed by atoms with Crippen LogP contribution in [0.4, 0.5) is 11.4 Å². The monoisotopic (exact) mass is 631 g/mol. The van der Waals surface area contributed by atoms with E-state index in [-0.39, 0.29) is 28.6 Å². The van der Waals surface area contributed by atoms with E-state index in [1.807, 2.05) is 67.6 Å². The van der Waals surface area contributed by atoms with Gasteiger partial charge in [0, 0.05) is 23.2 Å². The van der Waals surface area contributed by atoms with Crippen LogP contribution in [0.5, 0.6) is 0 Å². The number of benzene rings is 4. The predicted molar refractivity (Wildman–Crippen MR) is 183 cm³/mol. The molecule has 9 nitrogen and oxygen atoms in total. The van der Waals surface area contributed by atoms with E-state index in [9.17, 15) is 19.2 Å². The van der Waals surface area contributed by atoms with Crippen LogP contribution in [0.15, 0.2) is 125 Å². The number of nitrogens with zero attached hydrogens (tertiary/aromatic N) is 2. The summed E-state index contributed by atoms with van der Waals surface area (Å²) >= 11 is 1.30. The van der Waals surface area contributed by atoms with Gasteiger partial charge in [-0.3, -0.25) is 23.9 Å². The van der Waals surface area contributed by atoms with E-state index in [1.165, 1.54) is 16.4 Å². The Balaban J connectivity index is 1.23. The van der Waals surface area contributed by atoms with Crippen molar-refractivity contribution in [1.29, 1.82) is 0 Å². The molecule has 0 fully saturated rings. The van der Waals surface area contributed by atoms with Crippen LogP contribution in [0.2, 0.25) is 0 Å². The summed E-state index contributed by atoms with van der Waals surface area (Å²) in [5.74, 6) is -1.11. The predicted octanol–water partition coefficient (Wildman–Crippen LogP) is 5.93. The van der Waals surface area contributed by atoms with Crippen molar-refractivity contribution in [3.8, 4) is 5.69 Å². The van der Waals surface area contributed by atoms with E-state index in [4.69, 9.17) is 0 Å². The molecule has 5 rings (SSSR count).